The first-order chi connectivity index (χ1) is 10.8. The van der Waals surface area contributed by atoms with E-state index in [1.165, 1.54) is 0 Å². The number of ketones is 1. The first kappa shape index (κ1) is 21.1. The van der Waals surface area contributed by atoms with Crippen LogP contribution in [0.3, 0.4) is 0 Å². The van der Waals surface area contributed by atoms with Crippen LogP contribution in [-0.4, -0.2) is 12.9 Å². The topological polar surface area (TPSA) is 49.4 Å². The van der Waals surface area contributed by atoms with Crippen LogP contribution in [0.4, 0.5) is 0 Å². The van der Waals surface area contributed by atoms with E-state index in [2.05, 4.69) is 20.8 Å². The summed E-state index contributed by atoms with van der Waals surface area (Å²) in [6.07, 6.45) is 1.13. The predicted molar refractivity (Wildman–Crippen MR) is 90.4 cm³/mol. The van der Waals surface area contributed by atoms with E-state index >= 15 is 0 Å². The molecule has 0 fully saturated rings. The SMILES string of the molecule is COc1ccc(C(=O)/C=C(\[O-])c2ccc(C(C)(C)C)cc2)cc1.[K+]. The van der Waals surface area contributed by atoms with Crippen LogP contribution in [0, 0.1) is 0 Å². The molecule has 0 bridgehead atoms. The molecule has 2 rings (SSSR count). The maximum absolute atomic E-state index is 12.2. The van der Waals surface area contributed by atoms with Gasteiger partial charge in [0.1, 0.15) is 5.75 Å². The molecule has 0 aromatic heterocycles. The maximum atomic E-state index is 12.2. The molecule has 2 aromatic carbocycles. The van der Waals surface area contributed by atoms with Crippen molar-refractivity contribution in [2.75, 3.05) is 7.11 Å². The molecule has 0 radical (unpaired) electrons. The van der Waals surface area contributed by atoms with Crippen LogP contribution in [0.2, 0.25) is 0 Å². The summed E-state index contributed by atoms with van der Waals surface area (Å²) in [5, 5.41) is 12.2. The molecule has 0 saturated heterocycles. The van der Waals surface area contributed by atoms with Gasteiger partial charge in [0.2, 0.25) is 0 Å². The van der Waals surface area contributed by atoms with Gasteiger partial charge in [0.15, 0.2) is 5.78 Å². The minimum absolute atomic E-state index is 0. The Bertz CT molecular complexity index is 708. The summed E-state index contributed by atoms with van der Waals surface area (Å²) < 4.78 is 5.05. The zero-order valence-electron chi connectivity index (χ0n) is 14.9. The molecule has 0 spiro atoms. The first-order valence-electron chi connectivity index (χ1n) is 7.49. The summed E-state index contributed by atoms with van der Waals surface area (Å²) in [4.78, 5) is 12.1. The molecule has 0 amide bonds. The van der Waals surface area contributed by atoms with Crippen molar-refractivity contribution >= 4 is 11.5 Å². The predicted octanol–water partition coefficient (Wildman–Crippen LogP) is 0.581. The van der Waals surface area contributed by atoms with Crippen molar-refractivity contribution in [1.29, 1.82) is 0 Å². The number of hydrogen-bond donors (Lipinski definition) is 0. The molecular formula is C20H21KO3. The van der Waals surface area contributed by atoms with E-state index in [1.54, 1.807) is 43.5 Å². The van der Waals surface area contributed by atoms with Crippen LogP contribution in [-0.2, 0) is 5.41 Å². The molecular weight excluding hydrogens is 327 g/mol. The van der Waals surface area contributed by atoms with Crippen LogP contribution in [0.5, 0.6) is 5.75 Å². The van der Waals surface area contributed by atoms with Crippen molar-refractivity contribution in [3.05, 3.63) is 71.3 Å². The fourth-order valence-electron chi connectivity index (χ4n) is 2.18. The Kier molecular flexibility index (Phi) is 7.90. The van der Waals surface area contributed by atoms with E-state index in [0.29, 0.717) is 16.9 Å². The quantitative estimate of drug-likeness (QED) is 0.352. The van der Waals surface area contributed by atoms with Crippen molar-refractivity contribution in [2.24, 2.45) is 0 Å². The second-order valence-electron chi connectivity index (χ2n) is 6.43. The standard InChI is InChI=1S/C20H22O3.K/c1-20(2,3)16-9-5-14(6-10-16)18(21)13-19(22)15-7-11-17(23-4)12-8-15;/h5-13,21H,1-4H3;/q;+1/p-1/b18-13-;. The Hall–Kier alpha value is -0.914. The second kappa shape index (κ2) is 8.97. The number of carbonyl (C=O) groups is 1. The van der Waals surface area contributed by atoms with Gasteiger partial charge in [-0.2, -0.15) is 0 Å². The summed E-state index contributed by atoms with van der Waals surface area (Å²) in [6, 6.07) is 14.1. The number of allylic oxidation sites excluding steroid dienone is 1. The van der Waals surface area contributed by atoms with E-state index in [9.17, 15) is 9.90 Å². The van der Waals surface area contributed by atoms with Gasteiger partial charge in [0.05, 0.1) is 7.11 Å². The smallest absolute Gasteiger partial charge is 0.872 e. The van der Waals surface area contributed by atoms with Gasteiger partial charge in [-0.15, -0.1) is 0 Å². The van der Waals surface area contributed by atoms with Crippen molar-refractivity contribution in [1.82, 2.24) is 0 Å². The molecule has 4 heteroatoms. The number of methoxy groups -OCH3 is 1. The van der Waals surface area contributed by atoms with Crippen LogP contribution in [0.1, 0.15) is 42.3 Å². The van der Waals surface area contributed by atoms with E-state index in [1.807, 2.05) is 12.1 Å². The Morgan fingerprint density at radius 1 is 0.958 bits per heavy atom. The minimum atomic E-state index is -0.308. The van der Waals surface area contributed by atoms with E-state index < -0.39 is 0 Å². The number of carbonyl (C=O) groups excluding carboxylic acids is 1. The number of ether oxygens (including phenoxy) is 1. The van der Waals surface area contributed by atoms with Gasteiger partial charge in [0, 0.05) is 5.56 Å². The van der Waals surface area contributed by atoms with Crippen molar-refractivity contribution in [2.45, 2.75) is 26.2 Å². The molecule has 0 unspecified atom stereocenters. The van der Waals surface area contributed by atoms with Crippen molar-refractivity contribution in [3.63, 3.8) is 0 Å². The molecule has 3 nitrogen and oxygen atoms in total. The molecule has 24 heavy (non-hydrogen) atoms. The maximum Gasteiger partial charge on any atom is 1.00 e. The van der Waals surface area contributed by atoms with Crippen LogP contribution in [0.25, 0.3) is 5.76 Å². The van der Waals surface area contributed by atoms with Gasteiger partial charge in [-0.1, -0.05) is 50.8 Å². The monoisotopic (exact) mass is 348 g/mol. The zero-order valence-corrected chi connectivity index (χ0v) is 18.0. The molecule has 2 aromatic rings. The van der Waals surface area contributed by atoms with Gasteiger partial charge in [0.25, 0.3) is 0 Å². The summed E-state index contributed by atoms with van der Waals surface area (Å²) in [5.41, 5.74) is 2.16. The Morgan fingerprint density at radius 3 is 1.92 bits per heavy atom. The summed E-state index contributed by atoms with van der Waals surface area (Å²) in [5.74, 6) is 0.0782. The van der Waals surface area contributed by atoms with Gasteiger partial charge >= 0.3 is 51.4 Å². The number of benzene rings is 2. The van der Waals surface area contributed by atoms with Crippen molar-refractivity contribution < 1.29 is 66.0 Å². The number of hydrogen-bond acceptors (Lipinski definition) is 3. The van der Waals surface area contributed by atoms with E-state index in [0.717, 1.165) is 11.6 Å². The molecule has 0 saturated carbocycles. The molecule has 0 heterocycles. The van der Waals surface area contributed by atoms with Crippen LogP contribution >= 0.6 is 0 Å². The van der Waals surface area contributed by atoms with E-state index in [-0.39, 0.29) is 68.3 Å². The Balaban J connectivity index is 0.00000288. The summed E-state index contributed by atoms with van der Waals surface area (Å²) in [6.45, 7) is 6.34. The Morgan fingerprint density at radius 2 is 1.46 bits per heavy atom. The van der Waals surface area contributed by atoms with Crippen LogP contribution in [0.15, 0.2) is 54.6 Å². The van der Waals surface area contributed by atoms with Crippen LogP contribution < -0.4 is 61.2 Å². The van der Waals surface area contributed by atoms with Crippen molar-refractivity contribution in [3.8, 4) is 5.75 Å². The first-order valence-corrected chi connectivity index (χ1v) is 7.49. The molecule has 120 valence electrons. The fraction of sp³-hybridized carbons (Fsp3) is 0.250. The van der Waals surface area contributed by atoms with E-state index in [4.69, 9.17) is 4.74 Å². The fourth-order valence-corrected chi connectivity index (χ4v) is 2.18. The number of rotatable bonds is 4. The molecule has 0 aliphatic carbocycles. The third-order valence-electron chi connectivity index (χ3n) is 3.67. The van der Waals surface area contributed by atoms with Gasteiger partial charge < -0.3 is 9.84 Å². The third-order valence-corrected chi connectivity index (χ3v) is 3.67. The summed E-state index contributed by atoms with van der Waals surface area (Å²) in [7, 11) is 1.56. The molecule has 0 aliphatic heterocycles. The average Bonchev–Trinajstić information content (AvgIpc) is 2.54. The normalized spacial score (nSPS) is 11.6. The average molecular weight is 348 g/mol. The molecule has 0 aliphatic rings. The third kappa shape index (κ3) is 5.57. The zero-order chi connectivity index (χ0) is 17.0. The molecule has 0 N–H and O–H groups in total. The molecule has 0 atom stereocenters. The largest absolute Gasteiger partial charge is 1.00 e. The van der Waals surface area contributed by atoms with Gasteiger partial charge in [-0.25, -0.2) is 0 Å². The van der Waals surface area contributed by atoms with Gasteiger partial charge in [-0.3, -0.25) is 4.79 Å². The van der Waals surface area contributed by atoms with Gasteiger partial charge in [-0.05, 0) is 46.9 Å². The summed E-state index contributed by atoms with van der Waals surface area (Å²) >= 11 is 0. The second-order valence-corrected chi connectivity index (χ2v) is 6.43. The minimum Gasteiger partial charge on any atom is -0.872 e. The Labute approximate surface area is 186 Å².